The Kier molecular flexibility index (Phi) is 4.33. The average Bonchev–Trinajstić information content (AvgIpc) is 2.77. The topological polar surface area (TPSA) is 86.5 Å². The van der Waals surface area contributed by atoms with Gasteiger partial charge < -0.3 is 4.74 Å². The summed E-state index contributed by atoms with van der Waals surface area (Å²) in [4.78, 5) is 32.7. The SMILES string of the molecule is COC(=O)C(C)CC(=O)c1csc([N+](=O)[O-])c1. The zero-order chi connectivity index (χ0) is 13.0. The van der Waals surface area contributed by atoms with Crippen molar-refractivity contribution in [1.29, 1.82) is 0 Å². The normalized spacial score (nSPS) is 11.9. The van der Waals surface area contributed by atoms with Crippen LogP contribution >= 0.6 is 11.3 Å². The average molecular weight is 257 g/mol. The Morgan fingerprint density at radius 3 is 2.71 bits per heavy atom. The summed E-state index contributed by atoms with van der Waals surface area (Å²) in [6, 6.07) is 1.22. The van der Waals surface area contributed by atoms with Crippen molar-refractivity contribution in [2.45, 2.75) is 13.3 Å². The van der Waals surface area contributed by atoms with Crippen molar-refractivity contribution in [1.82, 2.24) is 0 Å². The smallest absolute Gasteiger partial charge is 0.324 e. The van der Waals surface area contributed by atoms with Gasteiger partial charge in [-0.3, -0.25) is 19.7 Å². The fourth-order valence-electron chi connectivity index (χ4n) is 1.25. The lowest BCUT2D eigenvalue weighted by Gasteiger charge is -2.06. The molecule has 0 fully saturated rings. The van der Waals surface area contributed by atoms with Crippen molar-refractivity contribution in [2.75, 3.05) is 7.11 Å². The van der Waals surface area contributed by atoms with Crippen molar-refractivity contribution in [3.8, 4) is 0 Å². The summed E-state index contributed by atoms with van der Waals surface area (Å²) in [5, 5.41) is 11.8. The third-order valence-electron chi connectivity index (χ3n) is 2.18. The van der Waals surface area contributed by atoms with Gasteiger partial charge in [0.25, 0.3) is 0 Å². The summed E-state index contributed by atoms with van der Waals surface area (Å²) in [6.45, 7) is 1.57. The van der Waals surface area contributed by atoms with E-state index in [1.165, 1.54) is 18.6 Å². The van der Waals surface area contributed by atoms with E-state index < -0.39 is 16.8 Å². The minimum atomic E-state index is -0.550. The number of methoxy groups -OCH3 is 1. The van der Waals surface area contributed by atoms with Gasteiger partial charge in [0.1, 0.15) is 0 Å². The number of Topliss-reactive ketones (excluding diaryl/α,β-unsaturated/α-hetero) is 1. The molecule has 0 N–H and O–H groups in total. The molecule has 0 saturated carbocycles. The van der Waals surface area contributed by atoms with Crippen molar-refractivity contribution in [3.05, 3.63) is 27.1 Å². The molecular weight excluding hydrogens is 246 g/mol. The molecule has 0 aliphatic heterocycles. The number of carbonyl (C=O) groups is 2. The molecule has 0 saturated heterocycles. The number of rotatable bonds is 5. The van der Waals surface area contributed by atoms with Gasteiger partial charge in [-0.05, 0) is 0 Å². The molecule has 0 bridgehead atoms. The van der Waals surface area contributed by atoms with E-state index in [4.69, 9.17) is 0 Å². The van der Waals surface area contributed by atoms with Gasteiger partial charge in [-0.2, -0.15) is 0 Å². The van der Waals surface area contributed by atoms with Crippen LogP contribution in [0.3, 0.4) is 0 Å². The molecule has 1 heterocycles. The van der Waals surface area contributed by atoms with E-state index in [1.807, 2.05) is 0 Å². The number of nitrogens with zero attached hydrogens (tertiary/aromatic N) is 1. The van der Waals surface area contributed by atoms with Gasteiger partial charge in [0.05, 0.1) is 18.0 Å². The molecule has 0 aliphatic carbocycles. The molecular formula is C10H11NO5S. The van der Waals surface area contributed by atoms with E-state index >= 15 is 0 Å². The molecule has 0 spiro atoms. The standard InChI is InChI=1S/C10H11NO5S/c1-6(10(13)16-2)3-8(12)7-4-9(11(14)15)17-5-7/h4-6H,3H2,1-2H3. The van der Waals surface area contributed by atoms with Gasteiger partial charge >= 0.3 is 11.0 Å². The first-order valence-electron chi connectivity index (χ1n) is 4.79. The van der Waals surface area contributed by atoms with E-state index in [0.29, 0.717) is 0 Å². The molecule has 7 heteroatoms. The lowest BCUT2D eigenvalue weighted by Crippen LogP contribution is -2.16. The Hall–Kier alpha value is -1.76. The molecule has 0 amide bonds. The first-order chi connectivity index (χ1) is 7.95. The van der Waals surface area contributed by atoms with Crippen LogP contribution in [0.5, 0.6) is 0 Å². The van der Waals surface area contributed by atoms with Gasteiger partial charge in [0.15, 0.2) is 5.78 Å². The molecule has 0 aromatic carbocycles. The van der Waals surface area contributed by atoms with Crippen LogP contribution in [-0.2, 0) is 9.53 Å². The predicted molar refractivity (Wildman–Crippen MR) is 61.1 cm³/mol. The summed E-state index contributed by atoms with van der Waals surface area (Å²) in [7, 11) is 1.25. The van der Waals surface area contributed by atoms with Crippen LogP contribution in [0.4, 0.5) is 5.00 Å². The molecule has 1 unspecified atom stereocenters. The van der Waals surface area contributed by atoms with Gasteiger partial charge in [0, 0.05) is 23.4 Å². The number of nitro groups is 1. The Morgan fingerprint density at radius 1 is 1.59 bits per heavy atom. The number of carbonyl (C=O) groups excluding carboxylic acids is 2. The maximum atomic E-state index is 11.7. The number of thiophene rings is 1. The number of ether oxygens (including phenoxy) is 1. The number of esters is 1. The van der Waals surface area contributed by atoms with Crippen molar-refractivity contribution in [2.24, 2.45) is 5.92 Å². The fraction of sp³-hybridized carbons (Fsp3) is 0.400. The van der Waals surface area contributed by atoms with Crippen molar-refractivity contribution in [3.63, 3.8) is 0 Å². The highest BCUT2D eigenvalue weighted by molar-refractivity contribution is 7.13. The summed E-state index contributed by atoms with van der Waals surface area (Å²) >= 11 is 0.891. The number of hydrogen-bond acceptors (Lipinski definition) is 6. The fourth-order valence-corrected chi connectivity index (χ4v) is 1.98. The van der Waals surface area contributed by atoms with E-state index in [2.05, 4.69) is 4.74 Å². The lowest BCUT2D eigenvalue weighted by atomic mass is 10.0. The van der Waals surface area contributed by atoms with Crippen LogP contribution in [0.2, 0.25) is 0 Å². The van der Waals surface area contributed by atoms with Crippen molar-refractivity contribution >= 4 is 28.1 Å². The number of hydrogen-bond donors (Lipinski definition) is 0. The Morgan fingerprint density at radius 2 is 2.24 bits per heavy atom. The second kappa shape index (κ2) is 5.53. The van der Waals surface area contributed by atoms with Crippen LogP contribution in [0.1, 0.15) is 23.7 Å². The molecule has 17 heavy (non-hydrogen) atoms. The van der Waals surface area contributed by atoms with E-state index in [1.54, 1.807) is 6.92 Å². The highest BCUT2D eigenvalue weighted by Gasteiger charge is 2.21. The molecule has 0 radical (unpaired) electrons. The summed E-state index contributed by atoms with van der Waals surface area (Å²) in [5.41, 5.74) is 0.262. The molecule has 1 aromatic heterocycles. The first-order valence-corrected chi connectivity index (χ1v) is 5.67. The van der Waals surface area contributed by atoms with Crippen LogP contribution in [0, 0.1) is 16.0 Å². The predicted octanol–water partition coefficient (Wildman–Crippen LogP) is 2.04. The Balaban J connectivity index is 2.70. The van der Waals surface area contributed by atoms with E-state index in [-0.39, 0.29) is 22.8 Å². The molecule has 1 atom stereocenters. The Bertz CT molecular complexity index is 453. The summed E-state index contributed by atoms with van der Waals surface area (Å²) in [5.74, 6) is -1.32. The molecule has 0 aliphatic rings. The quantitative estimate of drug-likeness (QED) is 0.348. The van der Waals surface area contributed by atoms with Crippen molar-refractivity contribution < 1.29 is 19.2 Å². The first kappa shape index (κ1) is 13.3. The molecule has 6 nitrogen and oxygen atoms in total. The maximum absolute atomic E-state index is 11.7. The second-order valence-corrected chi connectivity index (χ2v) is 4.37. The van der Waals surface area contributed by atoms with Gasteiger partial charge in [-0.15, -0.1) is 0 Å². The molecule has 1 rings (SSSR count). The Labute approximate surface area is 101 Å². The van der Waals surface area contributed by atoms with Gasteiger partial charge in [-0.25, -0.2) is 0 Å². The van der Waals surface area contributed by atoms with Gasteiger partial charge in [0.2, 0.25) is 0 Å². The zero-order valence-electron chi connectivity index (χ0n) is 9.34. The van der Waals surface area contributed by atoms with Crippen LogP contribution in [-0.4, -0.2) is 23.8 Å². The largest absolute Gasteiger partial charge is 0.469 e. The lowest BCUT2D eigenvalue weighted by molar-refractivity contribution is -0.380. The zero-order valence-corrected chi connectivity index (χ0v) is 10.2. The summed E-state index contributed by atoms with van der Waals surface area (Å²) < 4.78 is 4.50. The van der Waals surface area contributed by atoms with Crippen LogP contribution in [0.25, 0.3) is 0 Å². The molecule has 1 aromatic rings. The van der Waals surface area contributed by atoms with Crippen LogP contribution in [0.15, 0.2) is 11.4 Å². The second-order valence-electron chi connectivity index (χ2n) is 3.48. The van der Waals surface area contributed by atoms with E-state index in [9.17, 15) is 19.7 Å². The minimum absolute atomic E-state index is 0.0133. The number of ketones is 1. The van der Waals surface area contributed by atoms with E-state index in [0.717, 1.165) is 11.3 Å². The van der Waals surface area contributed by atoms with Gasteiger partial charge in [-0.1, -0.05) is 18.3 Å². The summed E-state index contributed by atoms with van der Waals surface area (Å²) in [6.07, 6.45) is -0.0133. The van der Waals surface area contributed by atoms with Crippen LogP contribution < -0.4 is 0 Å². The third-order valence-corrected chi connectivity index (χ3v) is 3.06. The highest BCUT2D eigenvalue weighted by Crippen LogP contribution is 2.24. The monoisotopic (exact) mass is 257 g/mol. The minimum Gasteiger partial charge on any atom is -0.469 e. The third kappa shape index (κ3) is 3.35. The maximum Gasteiger partial charge on any atom is 0.324 e. The molecule has 92 valence electrons. The highest BCUT2D eigenvalue weighted by atomic mass is 32.1.